The highest BCUT2D eigenvalue weighted by Gasteiger charge is 2.17. The first-order chi connectivity index (χ1) is 7.59. The van der Waals surface area contributed by atoms with E-state index in [0.29, 0.717) is 10.4 Å². The largest absolute Gasteiger partial charge is 0.288 e. The highest BCUT2D eigenvalue weighted by Crippen LogP contribution is 2.21. The average Bonchev–Trinajstić information content (AvgIpc) is 2.58. The summed E-state index contributed by atoms with van der Waals surface area (Å²) in [5.74, 6) is 0.0219. The number of hydrogen-bond donors (Lipinski definition) is 0. The van der Waals surface area contributed by atoms with Gasteiger partial charge in [-0.1, -0.05) is 0 Å². The molecule has 0 fully saturated rings. The van der Waals surface area contributed by atoms with Crippen LogP contribution in [0.4, 0.5) is 0 Å². The van der Waals surface area contributed by atoms with Crippen molar-refractivity contribution in [2.75, 3.05) is 0 Å². The minimum absolute atomic E-state index is 0.0219. The van der Waals surface area contributed by atoms with Gasteiger partial charge >= 0.3 is 0 Å². The van der Waals surface area contributed by atoms with Gasteiger partial charge in [-0.15, -0.1) is 11.3 Å². The first kappa shape index (κ1) is 11.0. The van der Waals surface area contributed by atoms with E-state index in [1.165, 1.54) is 11.3 Å². The molecule has 0 amide bonds. The van der Waals surface area contributed by atoms with Crippen LogP contribution in [0.5, 0.6) is 0 Å². The molecule has 0 aliphatic carbocycles. The molecular formula is C12H12N2OS. The Bertz CT molecular complexity index is 546. The Morgan fingerprint density at radius 2 is 2.06 bits per heavy atom. The average molecular weight is 232 g/mol. The molecule has 3 nitrogen and oxygen atoms in total. The predicted octanol–water partition coefficient (Wildman–Crippen LogP) is 2.69. The fraction of sp³-hybridized carbons (Fsp3) is 0.250. The van der Waals surface area contributed by atoms with Crippen LogP contribution in [0.15, 0.2) is 18.5 Å². The van der Waals surface area contributed by atoms with Crippen LogP contribution in [0.1, 0.15) is 31.5 Å². The maximum absolute atomic E-state index is 12.2. The Balaban J connectivity index is 2.47. The van der Waals surface area contributed by atoms with Gasteiger partial charge in [0.1, 0.15) is 0 Å². The second-order valence-corrected chi connectivity index (χ2v) is 4.87. The number of carbonyl (C=O) groups is 1. The second kappa shape index (κ2) is 4.14. The molecule has 2 heterocycles. The number of nitrogens with zero attached hydrogens (tertiary/aromatic N) is 2. The van der Waals surface area contributed by atoms with Crippen LogP contribution in [0, 0.1) is 20.8 Å². The van der Waals surface area contributed by atoms with Gasteiger partial charge in [0, 0.05) is 18.0 Å². The zero-order chi connectivity index (χ0) is 11.7. The summed E-state index contributed by atoms with van der Waals surface area (Å²) >= 11 is 1.44. The molecule has 2 rings (SSSR count). The van der Waals surface area contributed by atoms with Crippen molar-refractivity contribution in [1.82, 2.24) is 9.97 Å². The summed E-state index contributed by atoms with van der Waals surface area (Å²) < 4.78 is 0. The SMILES string of the molecule is Cc1nc(C)c(C(=O)c2cnccc2C)s1. The van der Waals surface area contributed by atoms with Crippen LogP contribution in [0.3, 0.4) is 0 Å². The third-order valence-corrected chi connectivity index (χ3v) is 3.47. The van der Waals surface area contributed by atoms with E-state index >= 15 is 0 Å². The Labute approximate surface area is 98.2 Å². The first-order valence-corrected chi connectivity index (χ1v) is 5.80. The number of carbonyl (C=O) groups excluding carboxylic acids is 1. The van der Waals surface area contributed by atoms with Gasteiger partial charge in [0.2, 0.25) is 5.78 Å². The molecule has 2 aromatic heterocycles. The quantitative estimate of drug-likeness (QED) is 0.748. The molecule has 0 unspecified atom stereocenters. The van der Waals surface area contributed by atoms with Crippen molar-refractivity contribution in [1.29, 1.82) is 0 Å². The lowest BCUT2D eigenvalue weighted by Crippen LogP contribution is -2.03. The molecule has 0 N–H and O–H groups in total. The third-order valence-electron chi connectivity index (χ3n) is 2.39. The maximum Gasteiger partial charge on any atom is 0.206 e. The summed E-state index contributed by atoms with van der Waals surface area (Å²) in [5.41, 5.74) is 2.41. The lowest BCUT2D eigenvalue weighted by Gasteiger charge is -2.01. The van der Waals surface area contributed by atoms with Crippen molar-refractivity contribution in [3.8, 4) is 0 Å². The topological polar surface area (TPSA) is 42.9 Å². The Morgan fingerprint density at radius 1 is 1.31 bits per heavy atom. The summed E-state index contributed by atoms with van der Waals surface area (Å²) in [4.78, 5) is 21.2. The molecule has 0 radical (unpaired) electrons. The van der Waals surface area contributed by atoms with Gasteiger partial charge in [0.05, 0.1) is 15.6 Å². The fourth-order valence-corrected chi connectivity index (χ4v) is 2.44. The van der Waals surface area contributed by atoms with Gasteiger partial charge < -0.3 is 0 Å². The normalized spacial score (nSPS) is 10.4. The molecule has 0 aromatic carbocycles. The van der Waals surface area contributed by atoms with Gasteiger partial charge in [-0.25, -0.2) is 4.98 Å². The molecule has 0 bridgehead atoms. The lowest BCUT2D eigenvalue weighted by molar-refractivity contribution is 0.104. The van der Waals surface area contributed by atoms with Gasteiger partial charge in [-0.3, -0.25) is 9.78 Å². The molecular weight excluding hydrogens is 220 g/mol. The van der Waals surface area contributed by atoms with Crippen LogP contribution < -0.4 is 0 Å². The standard InChI is InChI=1S/C12H12N2OS/c1-7-4-5-13-6-10(7)11(15)12-8(2)14-9(3)16-12/h4-6H,1-3H3. The van der Waals surface area contributed by atoms with E-state index < -0.39 is 0 Å². The molecule has 0 atom stereocenters. The zero-order valence-electron chi connectivity index (χ0n) is 9.44. The van der Waals surface area contributed by atoms with Crippen molar-refractivity contribution < 1.29 is 4.79 Å². The third kappa shape index (κ3) is 1.88. The fourth-order valence-electron chi connectivity index (χ4n) is 1.57. The van der Waals surface area contributed by atoms with Crippen molar-refractivity contribution in [2.45, 2.75) is 20.8 Å². The van der Waals surface area contributed by atoms with Crippen LogP contribution in [0.25, 0.3) is 0 Å². The highest BCUT2D eigenvalue weighted by molar-refractivity contribution is 7.14. The summed E-state index contributed by atoms with van der Waals surface area (Å²) in [6.45, 7) is 5.69. The molecule has 0 spiro atoms. The van der Waals surface area contributed by atoms with Gasteiger partial charge in [-0.2, -0.15) is 0 Å². The number of ketones is 1. The van der Waals surface area contributed by atoms with E-state index in [-0.39, 0.29) is 5.78 Å². The number of aromatic nitrogens is 2. The van der Waals surface area contributed by atoms with Gasteiger partial charge in [-0.05, 0) is 32.4 Å². The molecule has 16 heavy (non-hydrogen) atoms. The van der Waals surface area contributed by atoms with E-state index in [9.17, 15) is 4.79 Å². The van der Waals surface area contributed by atoms with E-state index in [4.69, 9.17) is 0 Å². The van der Waals surface area contributed by atoms with Crippen LogP contribution in [-0.2, 0) is 0 Å². The number of hydrogen-bond acceptors (Lipinski definition) is 4. The number of aryl methyl sites for hydroxylation is 3. The van der Waals surface area contributed by atoms with Crippen molar-refractivity contribution in [3.05, 3.63) is 45.2 Å². The smallest absolute Gasteiger partial charge is 0.206 e. The van der Waals surface area contributed by atoms with Crippen LogP contribution >= 0.6 is 11.3 Å². The van der Waals surface area contributed by atoms with Crippen molar-refractivity contribution in [3.63, 3.8) is 0 Å². The van der Waals surface area contributed by atoms with E-state index in [1.54, 1.807) is 12.4 Å². The van der Waals surface area contributed by atoms with Crippen LogP contribution in [-0.4, -0.2) is 15.8 Å². The van der Waals surface area contributed by atoms with Crippen molar-refractivity contribution >= 4 is 17.1 Å². The molecule has 0 aliphatic heterocycles. The Kier molecular flexibility index (Phi) is 2.83. The minimum atomic E-state index is 0.0219. The highest BCUT2D eigenvalue weighted by atomic mass is 32.1. The maximum atomic E-state index is 12.2. The lowest BCUT2D eigenvalue weighted by atomic mass is 10.1. The molecule has 0 saturated carbocycles. The number of thiazole rings is 1. The Hall–Kier alpha value is -1.55. The van der Waals surface area contributed by atoms with E-state index in [2.05, 4.69) is 9.97 Å². The summed E-state index contributed by atoms with van der Waals surface area (Å²) in [7, 11) is 0. The molecule has 0 aliphatic rings. The minimum Gasteiger partial charge on any atom is -0.288 e. The molecule has 0 saturated heterocycles. The van der Waals surface area contributed by atoms with Crippen LogP contribution in [0.2, 0.25) is 0 Å². The molecule has 2 aromatic rings. The predicted molar refractivity (Wildman–Crippen MR) is 64.0 cm³/mol. The van der Waals surface area contributed by atoms with Gasteiger partial charge in [0.15, 0.2) is 0 Å². The number of pyridine rings is 1. The number of rotatable bonds is 2. The summed E-state index contributed by atoms with van der Waals surface area (Å²) in [5, 5.41) is 0.919. The van der Waals surface area contributed by atoms with E-state index in [1.807, 2.05) is 26.8 Å². The van der Waals surface area contributed by atoms with Gasteiger partial charge in [0.25, 0.3) is 0 Å². The zero-order valence-corrected chi connectivity index (χ0v) is 10.3. The summed E-state index contributed by atoms with van der Waals surface area (Å²) in [6, 6.07) is 1.84. The molecule has 82 valence electrons. The van der Waals surface area contributed by atoms with E-state index in [0.717, 1.165) is 16.3 Å². The Morgan fingerprint density at radius 3 is 2.62 bits per heavy atom. The summed E-state index contributed by atoms with van der Waals surface area (Å²) in [6.07, 6.45) is 3.31. The van der Waals surface area contributed by atoms with Crippen molar-refractivity contribution in [2.24, 2.45) is 0 Å². The second-order valence-electron chi connectivity index (χ2n) is 3.67. The monoisotopic (exact) mass is 232 g/mol. The first-order valence-electron chi connectivity index (χ1n) is 4.99. The molecule has 4 heteroatoms.